The summed E-state index contributed by atoms with van der Waals surface area (Å²) < 4.78 is 39.1. The Kier molecular flexibility index (Phi) is 4.92. The SMILES string of the molecule is CN(CCn1cccn1)Cc1ccc(OS(=O)(=O)F)cc1. The van der Waals surface area contributed by atoms with E-state index in [0.717, 1.165) is 18.7 Å². The van der Waals surface area contributed by atoms with E-state index in [4.69, 9.17) is 0 Å². The van der Waals surface area contributed by atoms with Gasteiger partial charge in [0.15, 0.2) is 0 Å². The maximum Gasteiger partial charge on any atom is 0.488 e. The summed E-state index contributed by atoms with van der Waals surface area (Å²) in [5.41, 5.74) is 0.974. The van der Waals surface area contributed by atoms with Gasteiger partial charge in [0.1, 0.15) is 5.75 Å². The summed E-state index contributed by atoms with van der Waals surface area (Å²) >= 11 is 0. The molecule has 0 aliphatic heterocycles. The maximum absolute atomic E-state index is 12.4. The van der Waals surface area contributed by atoms with Gasteiger partial charge in [-0.25, -0.2) is 0 Å². The number of hydrogen-bond donors (Lipinski definition) is 0. The monoisotopic (exact) mass is 313 g/mol. The zero-order valence-electron chi connectivity index (χ0n) is 11.5. The molecule has 0 aliphatic rings. The van der Waals surface area contributed by atoms with Crippen molar-refractivity contribution in [3.63, 3.8) is 0 Å². The number of likely N-dealkylation sites (N-methyl/N-ethyl adjacent to an activating group) is 1. The number of aromatic nitrogens is 2. The van der Waals surface area contributed by atoms with Gasteiger partial charge in [0.25, 0.3) is 0 Å². The van der Waals surface area contributed by atoms with Crippen molar-refractivity contribution < 1.29 is 16.5 Å². The number of nitrogens with zero attached hydrogens (tertiary/aromatic N) is 3. The van der Waals surface area contributed by atoms with Gasteiger partial charge in [-0.3, -0.25) is 4.68 Å². The first-order valence-corrected chi connectivity index (χ1v) is 7.62. The van der Waals surface area contributed by atoms with Gasteiger partial charge >= 0.3 is 10.5 Å². The molecule has 0 radical (unpaired) electrons. The molecule has 1 aromatic heterocycles. The predicted octanol–water partition coefficient (Wildman–Crippen LogP) is 1.61. The second kappa shape index (κ2) is 6.68. The van der Waals surface area contributed by atoms with Crippen LogP contribution in [0.3, 0.4) is 0 Å². The lowest BCUT2D eigenvalue weighted by molar-refractivity contribution is 0.305. The average molecular weight is 313 g/mol. The zero-order valence-corrected chi connectivity index (χ0v) is 12.3. The molecule has 8 heteroatoms. The lowest BCUT2D eigenvalue weighted by Crippen LogP contribution is -2.23. The highest BCUT2D eigenvalue weighted by Crippen LogP contribution is 2.15. The van der Waals surface area contributed by atoms with E-state index in [0.29, 0.717) is 6.54 Å². The van der Waals surface area contributed by atoms with Crippen molar-refractivity contribution in [1.29, 1.82) is 0 Å². The third kappa shape index (κ3) is 5.52. The molecule has 1 aromatic carbocycles. The maximum atomic E-state index is 12.4. The van der Waals surface area contributed by atoms with Crippen LogP contribution in [0.2, 0.25) is 0 Å². The van der Waals surface area contributed by atoms with Crippen LogP contribution in [-0.4, -0.2) is 36.7 Å². The normalized spacial score (nSPS) is 11.8. The highest BCUT2D eigenvalue weighted by Gasteiger charge is 2.09. The Morgan fingerprint density at radius 1 is 1.33 bits per heavy atom. The third-order valence-electron chi connectivity index (χ3n) is 2.84. The van der Waals surface area contributed by atoms with Gasteiger partial charge in [-0.1, -0.05) is 16.0 Å². The fraction of sp³-hybridized carbons (Fsp3) is 0.308. The van der Waals surface area contributed by atoms with Crippen LogP contribution in [-0.2, 0) is 23.6 Å². The molecule has 6 nitrogen and oxygen atoms in total. The Balaban J connectivity index is 1.84. The van der Waals surface area contributed by atoms with Crippen molar-refractivity contribution in [2.24, 2.45) is 0 Å². The molecule has 2 rings (SSSR count). The number of rotatable bonds is 7. The third-order valence-corrected chi connectivity index (χ3v) is 3.23. The second-order valence-electron chi connectivity index (χ2n) is 4.63. The fourth-order valence-corrected chi connectivity index (χ4v) is 2.20. The van der Waals surface area contributed by atoms with Gasteiger partial charge in [-0.2, -0.15) is 13.5 Å². The summed E-state index contributed by atoms with van der Waals surface area (Å²) in [5, 5.41) is 4.12. The van der Waals surface area contributed by atoms with E-state index >= 15 is 0 Å². The van der Waals surface area contributed by atoms with Crippen LogP contribution >= 0.6 is 0 Å². The second-order valence-corrected chi connectivity index (χ2v) is 5.58. The van der Waals surface area contributed by atoms with Crippen LogP contribution in [0.4, 0.5) is 3.89 Å². The zero-order chi connectivity index (χ0) is 15.3. The number of benzene rings is 1. The molecule has 0 amide bonds. The van der Waals surface area contributed by atoms with E-state index in [1.165, 1.54) is 12.1 Å². The molecule has 0 unspecified atom stereocenters. The molecular formula is C13H16FN3O3S. The minimum Gasteiger partial charge on any atom is -0.358 e. The Labute approximate surface area is 123 Å². The summed E-state index contributed by atoms with van der Waals surface area (Å²) in [6, 6.07) is 8.12. The Morgan fingerprint density at radius 3 is 2.62 bits per heavy atom. The average Bonchev–Trinajstić information content (AvgIpc) is 2.90. The Bertz CT molecular complexity index is 656. The molecule has 0 spiro atoms. The topological polar surface area (TPSA) is 64.4 Å². The lowest BCUT2D eigenvalue weighted by atomic mass is 10.2. The molecular weight excluding hydrogens is 297 g/mol. The van der Waals surface area contributed by atoms with Gasteiger partial charge in [0, 0.05) is 25.5 Å². The van der Waals surface area contributed by atoms with E-state index in [1.807, 2.05) is 24.0 Å². The minimum atomic E-state index is -4.97. The van der Waals surface area contributed by atoms with Gasteiger partial charge in [0.05, 0.1) is 6.54 Å². The van der Waals surface area contributed by atoms with E-state index in [9.17, 15) is 12.3 Å². The van der Waals surface area contributed by atoms with Crippen LogP contribution in [0, 0.1) is 0 Å². The van der Waals surface area contributed by atoms with Crippen molar-refractivity contribution in [1.82, 2.24) is 14.7 Å². The van der Waals surface area contributed by atoms with Gasteiger partial charge in [0.2, 0.25) is 0 Å². The van der Waals surface area contributed by atoms with E-state index in [2.05, 4.69) is 14.2 Å². The van der Waals surface area contributed by atoms with Gasteiger partial charge in [-0.15, -0.1) is 0 Å². The van der Waals surface area contributed by atoms with Crippen LogP contribution < -0.4 is 4.18 Å². The first-order valence-electron chi connectivity index (χ1n) is 6.31. The molecule has 0 saturated heterocycles. The summed E-state index contributed by atoms with van der Waals surface area (Å²) in [5.74, 6) is -0.0413. The van der Waals surface area contributed by atoms with Crippen LogP contribution in [0.15, 0.2) is 42.7 Å². The highest BCUT2D eigenvalue weighted by atomic mass is 32.3. The predicted molar refractivity (Wildman–Crippen MR) is 75.7 cm³/mol. The first-order chi connectivity index (χ1) is 9.92. The van der Waals surface area contributed by atoms with Gasteiger partial charge in [-0.05, 0) is 30.8 Å². The van der Waals surface area contributed by atoms with Crippen LogP contribution in [0.5, 0.6) is 5.75 Å². The fourth-order valence-electron chi connectivity index (χ4n) is 1.86. The van der Waals surface area contributed by atoms with Crippen molar-refractivity contribution in [2.45, 2.75) is 13.1 Å². The molecule has 114 valence electrons. The van der Waals surface area contributed by atoms with E-state index in [1.54, 1.807) is 18.3 Å². The molecule has 0 atom stereocenters. The molecule has 21 heavy (non-hydrogen) atoms. The number of hydrogen-bond acceptors (Lipinski definition) is 5. The molecule has 0 aliphatic carbocycles. The van der Waals surface area contributed by atoms with Crippen LogP contribution in [0.25, 0.3) is 0 Å². The summed E-state index contributed by atoms with van der Waals surface area (Å²) in [4.78, 5) is 2.10. The molecule has 0 N–H and O–H groups in total. The molecule has 0 saturated carbocycles. The largest absolute Gasteiger partial charge is 0.488 e. The highest BCUT2D eigenvalue weighted by molar-refractivity contribution is 7.81. The van der Waals surface area contributed by atoms with Crippen LogP contribution in [0.1, 0.15) is 5.56 Å². The van der Waals surface area contributed by atoms with Gasteiger partial charge < -0.3 is 9.08 Å². The lowest BCUT2D eigenvalue weighted by Gasteiger charge is -2.16. The quantitative estimate of drug-likeness (QED) is 0.727. The summed E-state index contributed by atoms with van der Waals surface area (Å²) in [6.45, 7) is 2.29. The smallest absolute Gasteiger partial charge is 0.358 e. The Hall–Kier alpha value is -1.93. The van der Waals surface area contributed by atoms with Crippen molar-refractivity contribution >= 4 is 10.5 Å². The van der Waals surface area contributed by atoms with Crippen molar-refractivity contribution in [3.8, 4) is 5.75 Å². The molecule has 2 aromatic rings. The molecule has 0 bridgehead atoms. The molecule has 0 fully saturated rings. The Morgan fingerprint density at radius 2 is 2.05 bits per heavy atom. The van der Waals surface area contributed by atoms with Crippen molar-refractivity contribution in [3.05, 3.63) is 48.3 Å². The van der Waals surface area contributed by atoms with E-state index < -0.39 is 10.5 Å². The molecule has 1 heterocycles. The first kappa shape index (κ1) is 15.5. The minimum absolute atomic E-state index is 0.0413. The summed E-state index contributed by atoms with van der Waals surface area (Å²) in [6.07, 6.45) is 3.63. The van der Waals surface area contributed by atoms with Crippen molar-refractivity contribution in [2.75, 3.05) is 13.6 Å². The summed E-state index contributed by atoms with van der Waals surface area (Å²) in [7, 11) is -2.99. The van der Waals surface area contributed by atoms with E-state index in [-0.39, 0.29) is 5.75 Å². The standard InChI is InChI=1S/C13H16FN3O3S/c1-16(9-10-17-8-2-7-15-17)11-12-3-5-13(6-4-12)20-21(14,18)19/h2-8H,9-11H2,1H3. The number of halogens is 1.